The summed E-state index contributed by atoms with van der Waals surface area (Å²) >= 11 is 0. The SMILES string of the molecule is Cc1ccccc1COC(=O)n1ccnc1[C@@H](C)c1cccc(C)c1C. The van der Waals surface area contributed by atoms with Crippen molar-refractivity contribution in [2.24, 2.45) is 0 Å². The van der Waals surface area contributed by atoms with Gasteiger partial charge in [0.05, 0.1) is 0 Å². The molecule has 0 fully saturated rings. The highest BCUT2D eigenvalue weighted by Crippen LogP contribution is 2.27. The zero-order chi connectivity index (χ0) is 18.7. The molecule has 1 atom stereocenters. The lowest BCUT2D eigenvalue weighted by molar-refractivity contribution is 0.140. The number of hydrogen-bond donors (Lipinski definition) is 0. The van der Waals surface area contributed by atoms with Gasteiger partial charge in [0.2, 0.25) is 0 Å². The fourth-order valence-electron chi connectivity index (χ4n) is 3.15. The Bertz CT molecular complexity index is 927. The summed E-state index contributed by atoms with van der Waals surface area (Å²) in [7, 11) is 0. The molecule has 4 nitrogen and oxygen atoms in total. The molecule has 134 valence electrons. The summed E-state index contributed by atoms with van der Waals surface area (Å²) in [6, 6.07) is 14.1. The summed E-state index contributed by atoms with van der Waals surface area (Å²) in [5, 5.41) is 0. The summed E-state index contributed by atoms with van der Waals surface area (Å²) in [5.74, 6) is 0.685. The minimum atomic E-state index is -0.405. The minimum Gasteiger partial charge on any atom is -0.444 e. The molecule has 0 aliphatic carbocycles. The first-order valence-corrected chi connectivity index (χ1v) is 8.80. The Morgan fingerprint density at radius 2 is 1.81 bits per heavy atom. The molecule has 0 amide bonds. The fourth-order valence-corrected chi connectivity index (χ4v) is 3.15. The van der Waals surface area contributed by atoms with E-state index in [1.54, 1.807) is 12.4 Å². The molecule has 1 heterocycles. The largest absolute Gasteiger partial charge is 0.444 e. The van der Waals surface area contributed by atoms with E-state index < -0.39 is 6.09 Å². The molecule has 4 heteroatoms. The van der Waals surface area contributed by atoms with Gasteiger partial charge < -0.3 is 4.74 Å². The smallest absolute Gasteiger partial charge is 0.419 e. The van der Waals surface area contributed by atoms with Crippen molar-refractivity contribution in [3.63, 3.8) is 0 Å². The van der Waals surface area contributed by atoms with Crippen molar-refractivity contribution in [2.75, 3.05) is 0 Å². The van der Waals surface area contributed by atoms with E-state index in [2.05, 4.69) is 37.9 Å². The Kier molecular flexibility index (Phi) is 5.21. The molecule has 0 saturated carbocycles. The first kappa shape index (κ1) is 17.9. The van der Waals surface area contributed by atoms with Crippen molar-refractivity contribution in [1.82, 2.24) is 9.55 Å². The second-order valence-electron chi connectivity index (χ2n) is 6.65. The lowest BCUT2D eigenvalue weighted by atomic mass is 9.93. The number of carbonyl (C=O) groups is 1. The van der Waals surface area contributed by atoms with E-state index in [1.807, 2.05) is 37.3 Å². The average Bonchev–Trinajstić information content (AvgIpc) is 3.12. The maximum absolute atomic E-state index is 12.6. The lowest BCUT2D eigenvalue weighted by Gasteiger charge is -2.17. The van der Waals surface area contributed by atoms with Crippen LogP contribution in [0.4, 0.5) is 4.79 Å². The van der Waals surface area contributed by atoms with Gasteiger partial charge in [0.15, 0.2) is 0 Å². The third-order valence-corrected chi connectivity index (χ3v) is 4.98. The predicted molar refractivity (Wildman–Crippen MR) is 102 cm³/mol. The zero-order valence-electron chi connectivity index (χ0n) is 15.7. The molecule has 0 aliphatic heterocycles. The summed E-state index contributed by atoms with van der Waals surface area (Å²) in [4.78, 5) is 17.0. The molecule has 3 aromatic rings. The summed E-state index contributed by atoms with van der Waals surface area (Å²) in [5.41, 5.74) is 5.74. The molecule has 0 aliphatic rings. The summed E-state index contributed by atoms with van der Waals surface area (Å²) in [6.45, 7) is 8.52. The van der Waals surface area contributed by atoms with Crippen LogP contribution in [0.25, 0.3) is 0 Å². The predicted octanol–water partition coefficient (Wildman–Crippen LogP) is 5.15. The van der Waals surface area contributed by atoms with Gasteiger partial charge in [-0.05, 0) is 48.6 Å². The second-order valence-corrected chi connectivity index (χ2v) is 6.65. The number of carbonyl (C=O) groups excluding carboxylic acids is 1. The molecule has 1 aromatic heterocycles. The summed E-state index contributed by atoms with van der Waals surface area (Å²) in [6.07, 6.45) is 2.90. The van der Waals surface area contributed by atoms with Crippen LogP contribution in [0.15, 0.2) is 54.9 Å². The average molecular weight is 348 g/mol. The highest BCUT2D eigenvalue weighted by atomic mass is 16.5. The van der Waals surface area contributed by atoms with E-state index in [0.29, 0.717) is 5.82 Å². The second kappa shape index (κ2) is 7.56. The first-order valence-electron chi connectivity index (χ1n) is 8.80. The van der Waals surface area contributed by atoms with Crippen molar-refractivity contribution >= 4 is 6.09 Å². The Morgan fingerprint density at radius 3 is 2.58 bits per heavy atom. The number of hydrogen-bond acceptors (Lipinski definition) is 3. The molecule has 0 bridgehead atoms. The van der Waals surface area contributed by atoms with Gasteiger partial charge >= 0.3 is 6.09 Å². The summed E-state index contributed by atoms with van der Waals surface area (Å²) < 4.78 is 7.02. The van der Waals surface area contributed by atoms with Gasteiger partial charge in [0, 0.05) is 18.3 Å². The molecule has 0 saturated heterocycles. The molecule has 0 radical (unpaired) electrons. The highest BCUT2D eigenvalue weighted by Gasteiger charge is 2.20. The standard InChI is InChI=1S/C22H24N2O2/c1-15-9-7-11-20(17(15)3)18(4)21-23-12-13-24(21)22(25)26-14-19-10-6-5-8-16(19)2/h5-13,18H,14H2,1-4H3/t18-/m0/s1. The molecule has 0 spiro atoms. The molecular formula is C22H24N2O2. The van der Waals surface area contributed by atoms with Gasteiger partial charge in [0.1, 0.15) is 12.4 Å². The van der Waals surface area contributed by atoms with Gasteiger partial charge in [-0.15, -0.1) is 0 Å². The monoisotopic (exact) mass is 348 g/mol. The van der Waals surface area contributed by atoms with Gasteiger partial charge in [-0.2, -0.15) is 0 Å². The topological polar surface area (TPSA) is 44.1 Å². The molecule has 0 N–H and O–H groups in total. The van der Waals surface area contributed by atoms with Crippen LogP contribution in [-0.2, 0) is 11.3 Å². The van der Waals surface area contributed by atoms with E-state index in [1.165, 1.54) is 21.3 Å². The van der Waals surface area contributed by atoms with Crippen molar-refractivity contribution in [1.29, 1.82) is 0 Å². The lowest BCUT2D eigenvalue weighted by Crippen LogP contribution is -2.18. The van der Waals surface area contributed by atoms with Crippen LogP contribution < -0.4 is 0 Å². The van der Waals surface area contributed by atoms with Crippen molar-refractivity contribution in [3.8, 4) is 0 Å². The molecule has 3 rings (SSSR count). The first-order chi connectivity index (χ1) is 12.5. The van der Waals surface area contributed by atoms with Crippen molar-refractivity contribution in [3.05, 3.63) is 88.5 Å². The van der Waals surface area contributed by atoms with E-state index in [0.717, 1.165) is 11.1 Å². The van der Waals surface area contributed by atoms with Gasteiger partial charge in [0.25, 0.3) is 0 Å². The Hall–Kier alpha value is -2.88. The molecule has 26 heavy (non-hydrogen) atoms. The number of aromatic nitrogens is 2. The molecule has 0 unspecified atom stereocenters. The van der Waals surface area contributed by atoms with Crippen LogP contribution in [0, 0.1) is 20.8 Å². The maximum atomic E-state index is 12.6. The van der Waals surface area contributed by atoms with Crippen LogP contribution in [0.3, 0.4) is 0 Å². The van der Waals surface area contributed by atoms with E-state index in [-0.39, 0.29) is 12.5 Å². The highest BCUT2D eigenvalue weighted by molar-refractivity contribution is 5.71. The van der Waals surface area contributed by atoms with Crippen molar-refractivity contribution < 1.29 is 9.53 Å². The Labute approximate surface area is 154 Å². The van der Waals surface area contributed by atoms with Gasteiger partial charge in [-0.25, -0.2) is 14.3 Å². The number of ether oxygens (including phenoxy) is 1. The van der Waals surface area contributed by atoms with E-state index >= 15 is 0 Å². The van der Waals surface area contributed by atoms with Crippen LogP contribution in [0.1, 0.15) is 46.5 Å². The van der Waals surface area contributed by atoms with Crippen molar-refractivity contribution in [2.45, 2.75) is 40.2 Å². The minimum absolute atomic E-state index is 0.00379. The van der Waals surface area contributed by atoms with Crippen LogP contribution in [0.2, 0.25) is 0 Å². The molecule has 2 aromatic carbocycles. The van der Waals surface area contributed by atoms with Crippen LogP contribution >= 0.6 is 0 Å². The number of rotatable bonds is 4. The normalized spacial score (nSPS) is 12.0. The fraction of sp³-hybridized carbons (Fsp3) is 0.273. The van der Waals surface area contributed by atoms with Crippen LogP contribution in [-0.4, -0.2) is 15.6 Å². The van der Waals surface area contributed by atoms with Gasteiger partial charge in [-0.1, -0.05) is 49.4 Å². The number of nitrogens with zero attached hydrogens (tertiary/aromatic N) is 2. The van der Waals surface area contributed by atoms with E-state index in [4.69, 9.17) is 4.74 Å². The van der Waals surface area contributed by atoms with Gasteiger partial charge in [-0.3, -0.25) is 0 Å². The third kappa shape index (κ3) is 3.54. The van der Waals surface area contributed by atoms with Crippen LogP contribution in [0.5, 0.6) is 0 Å². The molecular weight excluding hydrogens is 324 g/mol. The maximum Gasteiger partial charge on any atom is 0.419 e. The third-order valence-electron chi connectivity index (χ3n) is 4.98. The van der Waals surface area contributed by atoms with E-state index in [9.17, 15) is 4.79 Å². The Morgan fingerprint density at radius 1 is 1.08 bits per heavy atom. The quantitative estimate of drug-likeness (QED) is 0.655. The zero-order valence-corrected chi connectivity index (χ0v) is 15.7. The number of benzene rings is 2. The number of imidazole rings is 1. The Balaban J connectivity index is 1.80. The number of aryl methyl sites for hydroxylation is 2.